The van der Waals surface area contributed by atoms with Crippen molar-refractivity contribution in [2.24, 2.45) is 7.05 Å². The van der Waals surface area contributed by atoms with Crippen molar-refractivity contribution in [3.8, 4) is 0 Å². The second-order valence-electron chi connectivity index (χ2n) is 5.87. The van der Waals surface area contributed by atoms with Crippen molar-refractivity contribution < 1.29 is 9.59 Å². The highest BCUT2D eigenvalue weighted by molar-refractivity contribution is 9.10. The SMILES string of the molecule is Cc1nn(C)c2ncc(NC(=O)CCNC(=O)c3ccc(Br)cc3)cc12. The van der Waals surface area contributed by atoms with Crippen LogP contribution >= 0.6 is 15.9 Å². The maximum atomic E-state index is 12.1. The molecule has 2 heterocycles. The molecule has 0 aliphatic rings. The molecule has 7 nitrogen and oxygen atoms in total. The number of amides is 2. The lowest BCUT2D eigenvalue weighted by Crippen LogP contribution is -2.27. The number of nitrogens with one attached hydrogen (secondary N) is 2. The van der Waals surface area contributed by atoms with Crippen LogP contribution in [0.4, 0.5) is 5.69 Å². The summed E-state index contributed by atoms with van der Waals surface area (Å²) < 4.78 is 2.61. The molecule has 8 heteroatoms. The van der Waals surface area contributed by atoms with Gasteiger partial charge in [0.05, 0.1) is 17.6 Å². The van der Waals surface area contributed by atoms with Gasteiger partial charge in [0, 0.05) is 35.4 Å². The Balaban J connectivity index is 1.53. The summed E-state index contributed by atoms with van der Waals surface area (Å²) in [6.07, 6.45) is 1.77. The normalized spacial score (nSPS) is 10.7. The monoisotopic (exact) mass is 415 g/mol. The third-order valence-electron chi connectivity index (χ3n) is 3.89. The summed E-state index contributed by atoms with van der Waals surface area (Å²) in [5, 5.41) is 10.7. The molecule has 0 bridgehead atoms. The molecule has 3 aromatic rings. The van der Waals surface area contributed by atoms with Crippen LogP contribution in [0.3, 0.4) is 0 Å². The molecule has 2 aromatic heterocycles. The summed E-state index contributed by atoms with van der Waals surface area (Å²) in [6.45, 7) is 2.15. The van der Waals surface area contributed by atoms with E-state index in [4.69, 9.17) is 0 Å². The molecule has 0 atom stereocenters. The Bertz CT molecular complexity index is 966. The summed E-state index contributed by atoms with van der Waals surface area (Å²) in [5.74, 6) is -0.400. The topological polar surface area (TPSA) is 88.9 Å². The largest absolute Gasteiger partial charge is 0.352 e. The first-order valence-corrected chi connectivity index (χ1v) is 8.86. The van der Waals surface area contributed by atoms with Crippen molar-refractivity contribution in [2.45, 2.75) is 13.3 Å². The van der Waals surface area contributed by atoms with E-state index in [1.54, 1.807) is 35.1 Å². The number of anilines is 1. The van der Waals surface area contributed by atoms with Gasteiger partial charge in [-0.1, -0.05) is 15.9 Å². The van der Waals surface area contributed by atoms with Crippen molar-refractivity contribution in [2.75, 3.05) is 11.9 Å². The smallest absolute Gasteiger partial charge is 0.251 e. The van der Waals surface area contributed by atoms with Crippen LogP contribution in [-0.2, 0) is 11.8 Å². The van der Waals surface area contributed by atoms with Gasteiger partial charge < -0.3 is 10.6 Å². The molecule has 0 saturated heterocycles. The summed E-state index contributed by atoms with van der Waals surface area (Å²) in [7, 11) is 1.83. The Labute approximate surface area is 158 Å². The van der Waals surface area contributed by atoms with Gasteiger partial charge in [-0.05, 0) is 37.3 Å². The lowest BCUT2D eigenvalue weighted by Gasteiger charge is -2.07. The molecule has 0 aliphatic carbocycles. The number of fused-ring (bicyclic) bond motifs is 1. The predicted molar refractivity (Wildman–Crippen MR) is 103 cm³/mol. The van der Waals surface area contributed by atoms with Crippen LogP contribution in [-0.4, -0.2) is 33.1 Å². The van der Waals surface area contributed by atoms with E-state index in [9.17, 15) is 9.59 Å². The number of carbonyl (C=O) groups is 2. The number of rotatable bonds is 5. The van der Waals surface area contributed by atoms with Crippen LogP contribution in [0, 0.1) is 6.92 Å². The standard InChI is InChI=1S/C18H18BrN5O2/c1-11-15-9-14(10-21-17(15)24(2)23-11)22-16(25)7-8-20-18(26)12-3-5-13(19)6-4-12/h3-6,9-10H,7-8H2,1-2H3,(H,20,26)(H,22,25). The number of hydrogen-bond donors (Lipinski definition) is 2. The molecule has 3 rings (SSSR count). The molecule has 0 fully saturated rings. The highest BCUT2D eigenvalue weighted by atomic mass is 79.9. The zero-order chi connectivity index (χ0) is 18.7. The van der Waals surface area contributed by atoms with Gasteiger partial charge in [0.15, 0.2) is 5.65 Å². The van der Waals surface area contributed by atoms with Crippen LogP contribution in [0.25, 0.3) is 11.0 Å². The molecule has 2 amide bonds. The Morgan fingerprint density at radius 1 is 1.23 bits per heavy atom. The van der Waals surface area contributed by atoms with Crippen molar-refractivity contribution in [1.82, 2.24) is 20.1 Å². The molecule has 2 N–H and O–H groups in total. The van der Waals surface area contributed by atoms with Crippen molar-refractivity contribution >= 4 is 44.5 Å². The van der Waals surface area contributed by atoms with Crippen molar-refractivity contribution in [3.63, 3.8) is 0 Å². The van der Waals surface area contributed by atoms with Gasteiger partial charge in [-0.25, -0.2) is 4.98 Å². The number of benzene rings is 1. The molecule has 0 unspecified atom stereocenters. The van der Waals surface area contributed by atoms with Gasteiger partial charge in [-0.2, -0.15) is 5.10 Å². The first-order chi connectivity index (χ1) is 12.4. The summed E-state index contributed by atoms with van der Waals surface area (Å²) in [6, 6.07) is 8.88. The number of halogens is 1. The fourth-order valence-corrected chi connectivity index (χ4v) is 2.86. The Kier molecular flexibility index (Phi) is 5.32. The maximum Gasteiger partial charge on any atom is 0.251 e. The third kappa shape index (κ3) is 4.08. The number of carbonyl (C=O) groups excluding carboxylic acids is 2. The van der Waals surface area contributed by atoms with Gasteiger partial charge in [0.1, 0.15) is 0 Å². The van der Waals surface area contributed by atoms with Crippen LogP contribution in [0.5, 0.6) is 0 Å². The first-order valence-electron chi connectivity index (χ1n) is 8.07. The predicted octanol–water partition coefficient (Wildman–Crippen LogP) is 2.80. The fraction of sp³-hybridized carbons (Fsp3) is 0.222. The molecule has 0 aliphatic heterocycles. The Hall–Kier alpha value is -2.74. The Morgan fingerprint density at radius 3 is 2.69 bits per heavy atom. The van der Waals surface area contributed by atoms with Gasteiger partial charge in [0.2, 0.25) is 5.91 Å². The molecule has 0 saturated carbocycles. The second-order valence-corrected chi connectivity index (χ2v) is 6.78. The van der Waals surface area contributed by atoms with Gasteiger partial charge in [-0.15, -0.1) is 0 Å². The van der Waals surface area contributed by atoms with E-state index < -0.39 is 0 Å². The number of pyridine rings is 1. The number of nitrogens with zero attached hydrogens (tertiary/aromatic N) is 3. The van der Waals surface area contributed by atoms with Gasteiger partial charge in [-0.3, -0.25) is 14.3 Å². The maximum absolute atomic E-state index is 12.1. The average molecular weight is 416 g/mol. The van der Waals surface area contributed by atoms with Crippen LogP contribution in [0.1, 0.15) is 22.5 Å². The van der Waals surface area contributed by atoms with E-state index in [-0.39, 0.29) is 24.8 Å². The molecule has 26 heavy (non-hydrogen) atoms. The zero-order valence-electron chi connectivity index (χ0n) is 14.4. The van der Waals surface area contributed by atoms with E-state index in [1.807, 2.05) is 20.0 Å². The summed E-state index contributed by atoms with van der Waals surface area (Å²) >= 11 is 3.32. The Morgan fingerprint density at radius 2 is 1.96 bits per heavy atom. The van der Waals surface area contributed by atoms with Crippen molar-refractivity contribution in [1.29, 1.82) is 0 Å². The minimum Gasteiger partial charge on any atom is -0.352 e. The zero-order valence-corrected chi connectivity index (χ0v) is 16.0. The molecular weight excluding hydrogens is 398 g/mol. The second kappa shape index (κ2) is 7.65. The third-order valence-corrected chi connectivity index (χ3v) is 4.42. The molecule has 1 aromatic carbocycles. The fourth-order valence-electron chi connectivity index (χ4n) is 2.59. The van der Waals surface area contributed by atoms with E-state index in [2.05, 4.69) is 36.6 Å². The number of aryl methyl sites for hydroxylation is 2. The summed E-state index contributed by atoms with van der Waals surface area (Å²) in [4.78, 5) is 28.4. The van der Waals surface area contributed by atoms with Gasteiger partial charge in [0.25, 0.3) is 5.91 Å². The highest BCUT2D eigenvalue weighted by Crippen LogP contribution is 2.19. The summed E-state index contributed by atoms with van der Waals surface area (Å²) in [5.41, 5.74) is 2.78. The average Bonchev–Trinajstić information content (AvgIpc) is 2.89. The lowest BCUT2D eigenvalue weighted by molar-refractivity contribution is -0.116. The lowest BCUT2D eigenvalue weighted by atomic mass is 10.2. The molecule has 134 valence electrons. The van der Waals surface area contributed by atoms with Crippen LogP contribution in [0.15, 0.2) is 41.0 Å². The van der Waals surface area contributed by atoms with Crippen molar-refractivity contribution in [3.05, 3.63) is 52.3 Å². The van der Waals surface area contributed by atoms with Crippen LogP contribution in [0.2, 0.25) is 0 Å². The van der Waals surface area contributed by atoms with Gasteiger partial charge >= 0.3 is 0 Å². The molecule has 0 radical (unpaired) electrons. The van der Waals surface area contributed by atoms with E-state index >= 15 is 0 Å². The molecule has 0 spiro atoms. The minimum absolute atomic E-state index is 0.173. The molecular formula is C18H18BrN5O2. The van der Waals surface area contributed by atoms with E-state index in [0.29, 0.717) is 11.3 Å². The minimum atomic E-state index is -0.209. The first kappa shape index (κ1) is 18.1. The number of hydrogen-bond acceptors (Lipinski definition) is 4. The quantitative estimate of drug-likeness (QED) is 0.670. The number of aromatic nitrogens is 3. The van der Waals surface area contributed by atoms with Crippen LogP contribution < -0.4 is 10.6 Å². The highest BCUT2D eigenvalue weighted by Gasteiger charge is 2.10. The van der Waals surface area contributed by atoms with E-state index in [1.165, 1.54) is 0 Å². The van der Waals surface area contributed by atoms with E-state index in [0.717, 1.165) is 21.2 Å².